The molecule has 0 radical (unpaired) electrons. The van der Waals surface area contributed by atoms with Crippen LogP contribution in [0.4, 0.5) is 5.00 Å². The van der Waals surface area contributed by atoms with E-state index in [0.29, 0.717) is 22.6 Å². The van der Waals surface area contributed by atoms with Gasteiger partial charge in [-0.3, -0.25) is 0 Å². The van der Waals surface area contributed by atoms with E-state index >= 15 is 0 Å². The van der Waals surface area contributed by atoms with Crippen molar-refractivity contribution in [2.75, 3.05) is 12.4 Å². The monoisotopic (exact) mass is 380 g/mol. The van der Waals surface area contributed by atoms with Crippen LogP contribution in [0.25, 0.3) is 0 Å². The van der Waals surface area contributed by atoms with Crippen molar-refractivity contribution >= 4 is 39.6 Å². The molecule has 0 bridgehead atoms. The van der Waals surface area contributed by atoms with Gasteiger partial charge in [0, 0.05) is 10.9 Å². The van der Waals surface area contributed by atoms with E-state index in [-0.39, 0.29) is 5.97 Å². The molecule has 0 saturated heterocycles. The van der Waals surface area contributed by atoms with Gasteiger partial charge in [-0.05, 0) is 74.6 Å². The van der Waals surface area contributed by atoms with Gasteiger partial charge in [0.25, 0.3) is 0 Å². The summed E-state index contributed by atoms with van der Waals surface area (Å²) < 4.78 is 5.04. The number of hydrogen-bond donors (Lipinski definition) is 2. The van der Waals surface area contributed by atoms with E-state index in [1.165, 1.54) is 24.8 Å². The number of anilines is 1. The van der Waals surface area contributed by atoms with Crippen LogP contribution < -0.4 is 10.6 Å². The second-order valence-electron chi connectivity index (χ2n) is 7.60. The molecule has 3 rings (SSSR count). The van der Waals surface area contributed by atoms with E-state index in [2.05, 4.69) is 24.5 Å². The summed E-state index contributed by atoms with van der Waals surface area (Å²) in [4.78, 5) is 13.6. The summed E-state index contributed by atoms with van der Waals surface area (Å²) in [6.45, 7) is 4.58. The molecule has 4 nitrogen and oxygen atoms in total. The molecule has 1 aromatic heterocycles. The maximum absolute atomic E-state index is 12.3. The van der Waals surface area contributed by atoms with E-state index in [4.69, 9.17) is 17.0 Å². The van der Waals surface area contributed by atoms with Gasteiger partial charge in [0.2, 0.25) is 0 Å². The Morgan fingerprint density at radius 3 is 2.56 bits per heavy atom. The van der Waals surface area contributed by atoms with Gasteiger partial charge in [0.05, 0.1) is 12.7 Å². The van der Waals surface area contributed by atoms with Crippen molar-refractivity contribution in [1.82, 2.24) is 5.32 Å². The summed E-state index contributed by atoms with van der Waals surface area (Å²) in [5.74, 6) is 1.22. The summed E-state index contributed by atoms with van der Waals surface area (Å²) in [6, 6.07) is 0.437. The molecular formula is C19H28N2O2S2. The molecule has 1 aromatic rings. The summed E-state index contributed by atoms with van der Waals surface area (Å²) in [5, 5.41) is 8.19. The number of nitrogens with one attached hydrogen (secondary N) is 2. The van der Waals surface area contributed by atoms with Crippen LogP contribution in [-0.2, 0) is 17.6 Å². The molecule has 25 heavy (non-hydrogen) atoms. The van der Waals surface area contributed by atoms with Crippen molar-refractivity contribution in [2.45, 2.75) is 64.8 Å². The Bertz CT molecular complexity index is 648. The first kappa shape index (κ1) is 18.6. The third-order valence-electron chi connectivity index (χ3n) is 5.48. The van der Waals surface area contributed by atoms with Gasteiger partial charge in [-0.25, -0.2) is 4.79 Å². The lowest BCUT2D eigenvalue weighted by atomic mass is 9.87. The lowest BCUT2D eigenvalue weighted by molar-refractivity contribution is 0.0601. The number of hydrogen-bond acceptors (Lipinski definition) is 4. The molecule has 1 fully saturated rings. The highest BCUT2D eigenvalue weighted by Crippen LogP contribution is 2.40. The van der Waals surface area contributed by atoms with Crippen molar-refractivity contribution in [2.24, 2.45) is 11.8 Å². The second-order valence-corrected chi connectivity index (χ2v) is 9.12. The van der Waals surface area contributed by atoms with Gasteiger partial charge < -0.3 is 15.4 Å². The second kappa shape index (κ2) is 8.04. The van der Waals surface area contributed by atoms with Crippen LogP contribution in [0.1, 0.15) is 66.8 Å². The first-order valence-electron chi connectivity index (χ1n) is 9.28. The van der Waals surface area contributed by atoms with Gasteiger partial charge in [0.1, 0.15) is 5.00 Å². The Morgan fingerprint density at radius 2 is 1.88 bits per heavy atom. The molecule has 0 spiro atoms. The zero-order chi connectivity index (χ0) is 18.0. The van der Waals surface area contributed by atoms with Gasteiger partial charge in [-0.2, -0.15) is 0 Å². The Morgan fingerprint density at radius 1 is 1.16 bits per heavy atom. The van der Waals surface area contributed by atoms with Gasteiger partial charge >= 0.3 is 5.97 Å². The fourth-order valence-corrected chi connectivity index (χ4v) is 5.62. The summed E-state index contributed by atoms with van der Waals surface area (Å²) in [7, 11) is 1.45. The number of carbonyl (C=O) groups is 1. The van der Waals surface area contributed by atoms with E-state index < -0.39 is 0 Å². The SMILES string of the molecule is COC(=O)c1c(NC(=S)NC2CCC(C)CC2)sc2c1CCC(C)C2. The molecule has 2 aliphatic carbocycles. The topological polar surface area (TPSA) is 50.4 Å². The Kier molecular flexibility index (Phi) is 6.00. The number of thiocarbonyl (C=S) groups is 1. The van der Waals surface area contributed by atoms with Crippen LogP contribution in [0.3, 0.4) is 0 Å². The predicted molar refractivity (Wildman–Crippen MR) is 108 cm³/mol. The minimum atomic E-state index is -0.260. The fourth-order valence-electron chi connectivity index (χ4n) is 3.89. The van der Waals surface area contributed by atoms with E-state index in [1.807, 2.05) is 0 Å². The van der Waals surface area contributed by atoms with Crippen LogP contribution in [-0.4, -0.2) is 24.2 Å². The highest BCUT2D eigenvalue weighted by atomic mass is 32.1. The smallest absolute Gasteiger partial charge is 0.341 e. The summed E-state index contributed by atoms with van der Waals surface area (Å²) >= 11 is 7.19. The highest BCUT2D eigenvalue weighted by molar-refractivity contribution is 7.80. The van der Waals surface area contributed by atoms with E-state index in [0.717, 1.165) is 48.6 Å². The molecular weight excluding hydrogens is 352 g/mol. The molecule has 138 valence electrons. The lowest BCUT2D eigenvalue weighted by Gasteiger charge is -2.28. The number of carbonyl (C=O) groups excluding carboxylic acids is 1. The fraction of sp³-hybridized carbons (Fsp3) is 0.684. The molecule has 0 amide bonds. The summed E-state index contributed by atoms with van der Waals surface area (Å²) in [6.07, 6.45) is 7.91. The molecule has 2 N–H and O–H groups in total. The largest absolute Gasteiger partial charge is 0.465 e. The first-order valence-corrected chi connectivity index (χ1v) is 10.5. The van der Waals surface area contributed by atoms with Crippen LogP contribution in [0.5, 0.6) is 0 Å². The minimum absolute atomic E-state index is 0.260. The molecule has 6 heteroatoms. The molecule has 1 atom stereocenters. The Balaban J connectivity index is 1.73. The molecule has 0 aromatic carbocycles. The van der Waals surface area contributed by atoms with Crippen molar-refractivity contribution in [1.29, 1.82) is 0 Å². The average Bonchev–Trinajstić information content (AvgIpc) is 2.92. The standard InChI is InChI=1S/C19H28N2O2S2/c1-11-4-7-13(8-5-11)20-19(24)21-17-16(18(22)23-3)14-9-6-12(2)10-15(14)25-17/h11-13H,4-10H2,1-3H3,(H2,20,21,24). The highest BCUT2D eigenvalue weighted by Gasteiger charge is 2.29. The van der Waals surface area contributed by atoms with Crippen LogP contribution in [0.2, 0.25) is 0 Å². The minimum Gasteiger partial charge on any atom is -0.465 e. The number of ether oxygens (including phenoxy) is 1. The van der Waals surface area contributed by atoms with Crippen molar-refractivity contribution in [3.63, 3.8) is 0 Å². The molecule has 0 aliphatic heterocycles. The number of esters is 1. The third kappa shape index (κ3) is 4.34. The van der Waals surface area contributed by atoms with Crippen LogP contribution in [0.15, 0.2) is 0 Å². The van der Waals surface area contributed by atoms with Crippen molar-refractivity contribution in [3.05, 3.63) is 16.0 Å². The van der Waals surface area contributed by atoms with Gasteiger partial charge in [0.15, 0.2) is 5.11 Å². The van der Waals surface area contributed by atoms with Crippen molar-refractivity contribution < 1.29 is 9.53 Å². The number of fused-ring (bicyclic) bond motifs is 1. The predicted octanol–water partition coefficient (Wildman–Crippen LogP) is 4.52. The average molecular weight is 381 g/mol. The van der Waals surface area contributed by atoms with Gasteiger partial charge in [-0.1, -0.05) is 13.8 Å². The number of methoxy groups -OCH3 is 1. The first-order chi connectivity index (χ1) is 12.0. The van der Waals surface area contributed by atoms with Crippen molar-refractivity contribution in [3.8, 4) is 0 Å². The van der Waals surface area contributed by atoms with Gasteiger partial charge in [-0.15, -0.1) is 11.3 Å². The molecule has 2 aliphatic rings. The number of rotatable bonds is 3. The normalized spacial score (nSPS) is 25.8. The maximum Gasteiger partial charge on any atom is 0.341 e. The zero-order valence-corrected chi connectivity index (χ0v) is 16.9. The zero-order valence-electron chi connectivity index (χ0n) is 15.3. The lowest BCUT2D eigenvalue weighted by Crippen LogP contribution is -2.39. The van der Waals surface area contributed by atoms with E-state index in [1.54, 1.807) is 11.3 Å². The van der Waals surface area contributed by atoms with Crippen LogP contribution in [0, 0.1) is 11.8 Å². The molecule has 1 heterocycles. The quantitative estimate of drug-likeness (QED) is 0.596. The Hall–Kier alpha value is -1.14. The summed E-state index contributed by atoms with van der Waals surface area (Å²) in [5.41, 5.74) is 1.85. The van der Waals surface area contributed by atoms with E-state index in [9.17, 15) is 4.79 Å². The number of thiophene rings is 1. The molecule has 1 unspecified atom stereocenters. The maximum atomic E-state index is 12.3. The Labute approximate surface area is 159 Å². The third-order valence-corrected chi connectivity index (χ3v) is 6.87. The van der Waals surface area contributed by atoms with Crippen LogP contribution >= 0.6 is 23.6 Å². The molecule has 1 saturated carbocycles.